The first-order chi connectivity index (χ1) is 8.76. The van der Waals surface area contributed by atoms with Gasteiger partial charge < -0.3 is 10.8 Å². The molecule has 1 aromatic rings. The van der Waals surface area contributed by atoms with Crippen LogP contribution in [0.3, 0.4) is 0 Å². The van der Waals surface area contributed by atoms with E-state index in [0.29, 0.717) is 5.56 Å². The second-order valence-corrected chi connectivity index (χ2v) is 4.37. The first-order valence-electron chi connectivity index (χ1n) is 5.47. The lowest BCUT2D eigenvalue weighted by molar-refractivity contribution is -0.156. The van der Waals surface area contributed by atoms with Gasteiger partial charge in [-0.05, 0) is 17.5 Å². The molecule has 0 fully saturated rings. The van der Waals surface area contributed by atoms with Crippen molar-refractivity contribution in [3.63, 3.8) is 0 Å². The monoisotopic (exact) mass is 272 g/mol. The highest BCUT2D eigenvalue weighted by Gasteiger charge is 2.61. The van der Waals surface area contributed by atoms with Crippen molar-refractivity contribution in [2.24, 2.45) is 10.7 Å². The smallest absolute Gasteiger partial charge is 0.422 e. The summed E-state index contributed by atoms with van der Waals surface area (Å²) >= 11 is 0. The van der Waals surface area contributed by atoms with Gasteiger partial charge in [-0.2, -0.15) is 13.2 Å². The highest BCUT2D eigenvalue weighted by molar-refractivity contribution is 5.87. The average molecular weight is 272 g/mol. The van der Waals surface area contributed by atoms with E-state index in [1.165, 1.54) is 24.3 Å². The molecular weight excluding hydrogens is 261 g/mol. The standard InChI is InChI=1S/C12H11F3N2O2/c13-12(14,15)11(6-17-11)8-3-1-7(2-4-8)5-9(16)10(18)19/h1-4,6,9H,5,16H2,(H,18,19). The van der Waals surface area contributed by atoms with Crippen LogP contribution in [0.1, 0.15) is 11.1 Å². The molecule has 2 unspecified atom stereocenters. The molecule has 2 atom stereocenters. The van der Waals surface area contributed by atoms with E-state index in [1.54, 1.807) is 0 Å². The highest BCUT2D eigenvalue weighted by atomic mass is 19.4. The number of alkyl halides is 3. The Labute approximate surface area is 106 Å². The fourth-order valence-corrected chi connectivity index (χ4v) is 1.76. The number of rotatable bonds is 4. The van der Waals surface area contributed by atoms with Crippen molar-refractivity contribution in [3.8, 4) is 0 Å². The minimum Gasteiger partial charge on any atom is -0.480 e. The van der Waals surface area contributed by atoms with Gasteiger partial charge in [0, 0.05) is 6.21 Å². The molecule has 7 heteroatoms. The number of hydrogen-bond donors (Lipinski definition) is 2. The minimum atomic E-state index is -4.45. The number of aliphatic carboxylic acids is 1. The van der Waals surface area contributed by atoms with E-state index in [9.17, 15) is 18.0 Å². The Kier molecular flexibility index (Phi) is 3.09. The number of halogens is 3. The van der Waals surface area contributed by atoms with Crippen molar-refractivity contribution in [2.45, 2.75) is 24.2 Å². The zero-order chi connectivity index (χ0) is 14.3. The molecule has 1 heterocycles. The molecule has 0 saturated carbocycles. The molecule has 0 spiro atoms. The van der Waals surface area contributed by atoms with E-state index in [-0.39, 0.29) is 12.0 Å². The van der Waals surface area contributed by atoms with E-state index in [4.69, 9.17) is 10.8 Å². The third-order valence-electron chi connectivity index (χ3n) is 2.99. The molecule has 0 radical (unpaired) electrons. The fraction of sp³-hybridized carbons (Fsp3) is 0.333. The van der Waals surface area contributed by atoms with Gasteiger partial charge in [-0.15, -0.1) is 0 Å². The lowest BCUT2D eigenvalue weighted by Gasteiger charge is -2.18. The molecule has 4 nitrogen and oxygen atoms in total. The van der Waals surface area contributed by atoms with E-state index in [0.717, 1.165) is 6.21 Å². The second kappa shape index (κ2) is 4.34. The molecule has 2 rings (SSSR count). The van der Waals surface area contributed by atoms with Crippen LogP contribution in [0.5, 0.6) is 0 Å². The Morgan fingerprint density at radius 2 is 1.89 bits per heavy atom. The molecule has 0 saturated heterocycles. The van der Waals surface area contributed by atoms with Crippen LogP contribution in [0.2, 0.25) is 0 Å². The quantitative estimate of drug-likeness (QED) is 0.871. The summed E-state index contributed by atoms with van der Waals surface area (Å²) in [5.74, 6) is -1.15. The van der Waals surface area contributed by atoms with Gasteiger partial charge in [-0.3, -0.25) is 9.79 Å². The molecule has 1 aliphatic heterocycles. The molecular formula is C12H11F3N2O2. The van der Waals surface area contributed by atoms with Crippen LogP contribution in [0.25, 0.3) is 0 Å². The number of hydrogen-bond acceptors (Lipinski definition) is 3. The van der Waals surface area contributed by atoms with Crippen LogP contribution in [0, 0.1) is 0 Å². The molecule has 0 aliphatic carbocycles. The highest BCUT2D eigenvalue weighted by Crippen LogP contribution is 2.47. The van der Waals surface area contributed by atoms with Crippen molar-refractivity contribution in [2.75, 3.05) is 0 Å². The van der Waals surface area contributed by atoms with Crippen molar-refractivity contribution in [1.29, 1.82) is 0 Å². The van der Waals surface area contributed by atoms with E-state index in [2.05, 4.69) is 4.99 Å². The van der Waals surface area contributed by atoms with Crippen molar-refractivity contribution in [1.82, 2.24) is 0 Å². The Hall–Kier alpha value is -1.89. The molecule has 0 amide bonds. The zero-order valence-corrected chi connectivity index (χ0v) is 9.69. The topological polar surface area (TPSA) is 75.7 Å². The molecule has 1 aromatic carbocycles. The lowest BCUT2D eigenvalue weighted by Crippen LogP contribution is -2.33. The fourth-order valence-electron chi connectivity index (χ4n) is 1.76. The van der Waals surface area contributed by atoms with Crippen LogP contribution in [-0.2, 0) is 16.8 Å². The van der Waals surface area contributed by atoms with Crippen LogP contribution < -0.4 is 5.73 Å². The molecule has 0 aromatic heterocycles. The van der Waals surface area contributed by atoms with Gasteiger partial charge in [0.05, 0.1) is 0 Å². The molecule has 102 valence electrons. The van der Waals surface area contributed by atoms with Gasteiger partial charge in [0.1, 0.15) is 6.04 Å². The molecule has 1 aliphatic rings. The van der Waals surface area contributed by atoms with Crippen LogP contribution in [-0.4, -0.2) is 29.5 Å². The molecule has 0 bridgehead atoms. The van der Waals surface area contributed by atoms with Gasteiger partial charge in [-0.1, -0.05) is 24.3 Å². The summed E-state index contributed by atoms with van der Waals surface area (Å²) < 4.78 is 38.3. The molecule has 3 N–H and O–H groups in total. The minimum absolute atomic E-state index is 0.0210. The van der Waals surface area contributed by atoms with Gasteiger partial charge >= 0.3 is 12.1 Å². The van der Waals surface area contributed by atoms with Crippen LogP contribution in [0.4, 0.5) is 13.2 Å². The number of carboxylic acids is 1. The maximum Gasteiger partial charge on any atom is 0.422 e. The van der Waals surface area contributed by atoms with Crippen LogP contribution >= 0.6 is 0 Å². The van der Waals surface area contributed by atoms with E-state index in [1.807, 2.05) is 0 Å². The Morgan fingerprint density at radius 3 is 2.26 bits per heavy atom. The zero-order valence-electron chi connectivity index (χ0n) is 9.69. The van der Waals surface area contributed by atoms with Gasteiger partial charge in [0.15, 0.2) is 0 Å². The van der Waals surface area contributed by atoms with Crippen molar-refractivity contribution >= 4 is 12.2 Å². The average Bonchev–Trinajstić information content (AvgIpc) is 3.10. The third-order valence-corrected chi connectivity index (χ3v) is 2.99. The summed E-state index contributed by atoms with van der Waals surface area (Å²) in [7, 11) is 0. The SMILES string of the molecule is NC(Cc1ccc(C2(C(F)(F)F)C=N2)cc1)C(=O)O. The second-order valence-electron chi connectivity index (χ2n) is 4.37. The van der Waals surface area contributed by atoms with E-state index < -0.39 is 23.7 Å². The summed E-state index contributed by atoms with van der Waals surface area (Å²) in [6.45, 7) is 0. The van der Waals surface area contributed by atoms with Crippen LogP contribution in [0.15, 0.2) is 29.3 Å². The Bertz CT molecular complexity index is 517. The van der Waals surface area contributed by atoms with Gasteiger partial charge in [0.25, 0.3) is 0 Å². The van der Waals surface area contributed by atoms with Gasteiger partial charge in [-0.25, -0.2) is 0 Å². The predicted octanol–water partition coefficient (Wildman–Crippen LogP) is 1.48. The summed E-state index contributed by atoms with van der Waals surface area (Å²) in [6, 6.07) is 4.40. The number of aliphatic imine (C=N–C) groups is 1. The number of nitrogens with two attached hydrogens (primary N) is 1. The first-order valence-corrected chi connectivity index (χ1v) is 5.47. The summed E-state index contributed by atoms with van der Waals surface area (Å²) in [5.41, 5.74) is 3.74. The summed E-state index contributed by atoms with van der Waals surface area (Å²) in [6.07, 6.45) is -3.54. The summed E-state index contributed by atoms with van der Waals surface area (Å²) in [4.78, 5) is 13.9. The maximum absolute atomic E-state index is 12.8. The number of nitrogens with zero attached hydrogens (tertiary/aromatic N) is 1. The lowest BCUT2D eigenvalue weighted by atomic mass is 9.95. The van der Waals surface area contributed by atoms with E-state index >= 15 is 0 Å². The van der Waals surface area contributed by atoms with Gasteiger partial charge in [0.2, 0.25) is 5.54 Å². The first kappa shape index (κ1) is 13.5. The predicted molar refractivity (Wildman–Crippen MR) is 62.0 cm³/mol. The normalized spacial score (nSPS) is 23.2. The summed E-state index contributed by atoms with van der Waals surface area (Å²) in [5, 5.41) is 8.65. The number of benzene rings is 1. The Balaban J connectivity index is 2.14. The molecule has 19 heavy (non-hydrogen) atoms. The third kappa shape index (κ3) is 2.46. The van der Waals surface area contributed by atoms with Crippen molar-refractivity contribution in [3.05, 3.63) is 35.4 Å². The number of carboxylic acid groups (broad SMARTS) is 1. The Morgan fingerprint density at radius 1 is 1.37 bits per heavy atom. The van der Waals surface area contributed by atoms with Crippen molar-refractivity contribution < 1.29 is 23.1 Å². The number of carbonyl (C=O) groups is 1. The largest absolute Gasteiger partial charge is 0.480 e. The maximum atomic E-state index is 12.8.